The van der Waals surface area contributed by atoms with E-state index in [9.17, 15) is 9.59 Å². The topological polar surface area (TPSA) is 76.7 Å². The predicted molar refractivity (Wildman–Crippen MR) is 106 cm³/mol. The number of ether oxygens (including phenoxy) is 2. The number of benzene rings is 3. The minimum Gasteiger partial charge on any atom is -0.479 e. The van der Waals surface area contributed by atoms with Crippen LogP contribution in [-0.4, -0.2) is 17.9 Å². The van der Waals surface area contributed by atoms with Crippen LogP contribution in [0.1, 0.15) is 17.3 Å². The average molecular weight is 374 g/mol. The maximum absolute atomic E-state index is 12.6. The Labute approximate surface area is 162 Å². The van der Waals surface area contributed by atoms with Crippen molar-refractivity contribution in [1.29, 1.82) is 0 Å². The maximum atomic E-state index is 12.6. The fourth-order valence-corrected chi connectivity index (χ4v) is 2.82. The van der Waals surface area contributed by atoms with E-state index in [1.54, 1.807) is 49.4 Å². The first kappa shape index (κ1) is 17.6. The number of rotatable bonds is 4. The number of hydrogen-bond donors (Lipinski definition) is 2. The largest absolute Gasteiger partial charge is 0.479 e. The van der Waals surface area contributed by atoms with Gasteiger partial charge >= 0.3 is 0 Å². The lowest BCUT2D eigenvalue weighted by atomic mass is 10.1. The molecule has 0 saturated carbocycles. The van der Waals surface area contributed by atoms with Crippen molar-refractivity contribution in [3.8, 4) is 17.2 Å². The van der Waals surface area contributed by atoms with E-state index in [1.165, 1.54) is 0 Å². The number of para-hydroxylation sites is 1. The highest BCUT2D eigenvalue weighted by molar-refractivity contribution is 6.05. The Bertz CT molecular complexity index is 1030. The van der Waals surface area contributed by atoms with E-state index in [0.717, 1.165) is 0 Å². The normalized spacial score (nSPS) is 15.0. The van der Waals surface area contributed by atoms with Gasteiger partial charge in [0.25, 0.3) is 11.8 Å². The van der Waals surface area contributed by atoms with Gasteiger partial charge in [0.15, 0.2) is 6.10 Å². The van der Waals surface area contributed by atoms with Crippen molar-refractivity contribution in [2.24, 2.45) is 0 Å². The molecular weight excluding hydrogens is 356 g/mol. The van der Waals surface area contributed by atoms with E-state index < -0.39 is 6.10 Å². The molecule has 0 fully saturated rings. The molecule has 6 nitrogen and oxygen atoms in total. The van der Waals surface area contributed by atoms with Gasteiger partial charge in [-0.05, 0) is 55.5 Å². The van der Waals surface area contributed by atoms with Gasteiger partial charge in [-0.25, -0.2) is 0 Å². The monoisotopic (exact) mass is 374 g/mol. The summed E-state index contributed by atoms with van der Waals surface area (Å²) in [5, 5.41) is 5.59. The molecule has 0 aliphatic carbocycles. The van der Waals surface area contributed by atoms with Crippen LogP contribution in [0.15, 0.2) is 72.8 Å². The molecule has 1 atom stereocenters. The molecule has 1 heterocycles. The first-order valence-corrected chi connectivity index (χ1v) is 8.84. The SMILES string of the molecule is CC1Oc2ccc(NC(=O)c3cccc(Oc4ccccc4)c3)cc2NC1=O. The van der Waals surface area contributed by atoms with Crippen LogP contribution in [0, 0.1) is 0 Å². The number of amides is 2. The van der Waals surface area contributed by atoms with Gasteiger partial charge in [0, 0.05) is 11.3 Å². The number of nitrogens with one attached hydrogen (secondary N) is 2. The fraction of sp³-hybridized carbons (Fsp3) is 0.0909. The van der Waals surface area contributed by atoms with Gasteiger partial charge in [0.1, 0.15) is 17.2 Å². The number of hydrogen-bond acceptors (Lipinski definition) is 4. The average Bonchev–Trinajstić information content (AvgIpc) is 2.70. The highest BCUT2D eigenvalue weighted by Crippen LogP contribution is 2.32. The zero-order valence-corrected chi connectivity index (χ0v) is 15.1. The molecule has 2 N–H and O–H groups in total. The van der Waals surface area contributed by atoms with Gasteiger partial charge in [0.2, 0.25) is 0 Å². The Morgan fingerprint density at radius 3 is 2.61 bits per heavy atom. The zero-order valence-electron chi connectivity index (χ0n) is 15.1. The van der Waals surface area contributed by atoms with Gasteiger partial charge in [-0.2, -0.15) is 0 Å². The molecule has 0 saturated heterocycles. The zero-order chi connectivity index (χ0) is 19.5. The first-order chi connectivity index (χ1) is 13.6. The summed E-state index contributed by atoms with van der Waals surface area (Å²) in [4.78, 5) is 24.4. The van der Waals surface area contributed by atoms with E-state index in [1.807, 2.05) is 30.3 Å². The summed E-state index contributed by atoms with van der Waals surface area (Å²) < 4.78 is 11.3. The molecule has 140 valence electrons. The molecule has 4 rings (SSSR count). The van der Waals surface area contributed by atoms with Gasteiger partial charge < -0.3 is 20.1 Å². The summed E-state index contributed by atoms with van der Waals surface area (Å²) in [5.41, 5.74) is 1.54. The molecule has 1 unspecified atom stereocenters. The summed E-state index contributed by atoms with van der Waals surface area (Å²) in [6.45, 7) is 1.68. The van der Waals surface area contributed by atoms with E-state index >= 15 is 0 Å². The molecule has 2 amide bonds. The third-order valence-electron chi connectivity index (χ3n) is 4.24. The molecule has 28 heavy (non-hydrogen) atoms. The van der Waals surface area contributed by atoms with Crippen molar-refractivity contribution >= 4 is 23.2 Å². The van der Waals surface area contributed by atoms with Crippen LogP contribution in [0.4, 0.5) is 11.4 Å². The van der Waals surface area contributed by atoms with Crippen LogP contribution in [0.25, 0.3) is 0 Å². The van der Waals surface area contributed by atoms with Crippen LogP contribution in [0.2, 0.25) is 0 Å². The Balaban J connectivity index is 1.49. The molecule has 3 aromatic rings. The summed E-state index contributed by atoms with van der Waals surface area (Å²) in [5.74, 6) is 1.33. The smallest absolute Gasteiger partial charge is 0.265 e. The Morgan fingerprint density at radius 1 is 1.00 bits per heavy atom. The van der Waals surface area contributed by atoms with Crippen molar-refractivity contribution in [2.45, 2.75) is 13.0 Å². The molecular formula is C22H18N2O4. The van der Waals surface area contributed by atoms with Crippen LogP contribution in [-0.2, 0) is 4.79 Å². The molecule has 0 bridgehead atoms. The number of anilines is 2. The van der Waals surface area contributed by atoms with Crippen molar-refractivity contribution in [2.75, 3.05) is 10.6 Å². The Morgan fingerprint density at radius 2 is 1.79 bits per heavy atom. The third kappa shape index (κ3) is 3.81. The Kier molecular flexibility index (Phi) is 4.68. The maximum Gasteiger partial charge on any atom is 0.265 e. The van der Waals surface area contributed by atoms with Crippen LogP contribution < -0.4 is 20.1 Å². The standard InChI is InChI=1S/C22H18N2O4/c1-14-21(25)24-19-13-16(10-11-20(19)27-14)23-22(26)15-6-5-9-18(12-15)28-17-7-3-2-4-8-17/h2-14H,1H3,(H,23,26)(H,24,25). The molecule has 3 aromatic carbocycles. The third-order valence-corrected chi connectivity index (χ3v) is 4.24. The lowest BCUT2D eigenvalue weighted by molar-refractivity contribution is -0.122. The van der Waals surface area contributed by atoms with Crippen LogP contribution in [0.5, 0.6) is 17.2 Å². The quantitative estimate of drug-likeness (QED) is 0.707. The summed E-state index contributed by atoms with van der Waals surface area (Å²) >= 11 is 0. The summed E-state index contributed by atoms with van der Waals surface area (Å²) in [7, 11) is 0. The number of fused-ring (bicyclic) bond motifs is 1. The summed E-state index contributed by atoms with van der Waals surface area (Å²) in [6, 6.07) is 21.4. The van der Waals surface area contributed by atoms with Crippen LogP contribution in [0.3, 0.4) is 0 Å². The van der Waals surface area contributed by atoms with E-state index in [2.05, 4.69) is 10.6 Å². The van der Waals surface area contributed by atoms with Gasteiger partial charge in [-0.15, -0.1) is 0 Å². The van der Waals surface area contributed by atoms with Crippen molar-refractivity contribution in [3.05, 3.63) is 78.4 Å². The second-order valence-corrected chi connectivity index (χ2v) is 6.36. The van der Waals surface area contributed by atoms with E-state index in [4.69, 9.17) is 9.47 Å². The molecule has 1 aliphatic heterocycles. The number of carbonyl (C=O) groups excluding carboxylic acids is 2. The van der Waals surface area contributed by atoms with Crippen molar-refractivity contribution < 1.29 is 19.1 Å². The van der Waals surface area contributed by atoms with Crippen LogP contribution >= 0.6 is 0 Å². The van der Waals surface area contributed by atoms with Crippen molar-refractivity contribution in [3.63, 3.8) is 0 Å². The molecule has 6 heteroatoms. The second-order valence-electron chi connectivity index (χ2n) is 6.36. The minimum atomic E-state index is -0.541. The molecule has 1 aliphatic rings. The predicted octanol–water partition coefficient (Wildman–Crippen LogP) is 4.45. The molecule has 0 spiro atoms. The van der Waals surface area contributed by atoms with Crippen molar-refractivity contribution in [1.82, 2.24) is 0 Å². The van der Waals surface area contributed by atoms with E-state index in [-0.39, 0.29) is 11.8 Å². The second kappa shape index (κ2) is 7.44. The molecule has 0 radical (unpaired) electrons. The number of carbonyl (C=O) groups is 2. The van der Waals surface area contributed by atoms with Gasteiger partial charge in [-0.3, -0.25) is 9.59 Å². The van der Waals surface area contributed by atoms with E-state index in [0.29, 0.717) is 34.2 Å². The van der Waals surface area contributed by atoms with Gasteiger partial charge in [0.05, 0.1) is 5.69 Å². The lowest BCUT2D eigenvalue weighted by Gasteiger charge is -2.23. The first-order valence-electron chi connectivity index (χ1n) is 8.84. The Hall–Kier alpha value is -3.80. The summed E-state index contributed by atoms with van der Waals surface area (Å²) in [6.07, 6.45) is -0.541. The molecule has 0 aromatic heterocycles. The highest BCUT2D eigenvalue weighted by Gasteiger charge is 2.23. The lowest BCUT2D eigenvalue weighted by Crippen LogP contribution is -2.34. The minimum absolute atomic E-state index is 0.221. The fourth-order valence-electron chi connectivity index (χ4n) is 2.82. The highest BCUT2D eigenvalue weighted by atomic mass is 16.5. The van der Waals surface area contributed by atoms with Gasteiger partial charge in [-0.1, -0.05) is 24.3 Å².